The van der Waals surface area contributed by atoms with E-state index in [9.17, 15) is 4.79 Å². The van der Waals surface area contributed by atoms with Crippen molar-refractivity contribution in [2.75, 3.05) is 5.32 Å². The molecule has 32 heavy (non-hydrogen) atoms. The van der Waals surface area contributed by atoms with Crippen LogP contribution in [0.2, 0.25) is 10.0 Å². The van der Waals surface area contributed by atoms with Crippen molar-refractivity contribution in [2.24, 2.45) is 5.73 Å². The standard InChI is InChI=1S/C22H19Cl2N7O/c23-16-5-3-6-17(24)20(16)31-28-19(21(25)32)22(29-31)26-14-8-10-15(11-9-14)30-12-13-4-1-2-7-18(13)27-30/h3,5-6,8-12H,1-2,4,7H2,(H2,25,32)(H,26,29). The van der Waals surface area contributed by atoms with Crippen LogP contribution in [0.3, 0.4) is 0 Å². The number of nitrogens with zero attached hydrogens (tertiary/aromatic N) is 5. The van der Waals surface area contributed by atoms with Crippen LogP contribution < -0.4 is 11.1 Å². The maximum atomic E-state index is 12.0. The summed E-state index contributed by atoms with van der Waals surface area (Å²) in [4.78, 5) is 13.2. The second-order valence-electron chi connectivity index (χ2n) is 7.55. The molecule has 3 N–H and O–H groups in total. The van der Waals surface area contributed by atoms with Crippen molar-refractivity contribution in [1.82, 2.24) is 24.8 Å². The quantitative estimate of drug-likeness (QED) is 0.450. The van der Waals surface area contributed by atoms with Crippen LogP contribution in [0.4, 0.5) is 11.5 Å². The molecule has 162 valence electrons. The monoisotopic (exact) mass is 467 g/mol. The first-order chi connectivity index (χ1) is 15.5. The van der Waals surface area contributed by atoms with E-state index in [1.807, 2.05) is 28.9 Å². The molecule has 8 nitrogen and oxygen atoms in total. The average molecular weight is 468 g/mol. The molecule has 1 aliphatic carbocycles. The van der Waals surface area contributed by atoms with Crippen molar-refractivity contribution in [2.45, 2.75) is 25.7 Å². The summed E-state index contributed by atoms with van der Waals surface area (Å²) in [5.74, 6) is -0.517. The number of primary amides is 1. The van der Waals surface area contributed by atoms with E-state index < -0.39 is 5.91 Å². The number of para-hydroxylation sites is 1. The van der Waals surface area contributed by atoms with Crippen molar-refractivity contribution in [3.8, 4) is 11.4 Å². The van der Waals surface area contributed by atoms with Crippen LogP contribution in [0.25, 0.3) is 11.4 Å². The number of aromatic nitrogens is 5. The molecule has 2 aromatic carbocycles. The Morgan fingerprint density at radius 2 is 1.69 bits per heavy atom. The molecule has 2 aromatic heterocycles. The Morgan fingerprint density at radius 1 is 0.969 bits per heavy atom. The Labute approximate surface area is 193 Å². The molecule has 0 fully saturated rings. The molecule has 0 bridgehead atoms. The lowest BCUT2D eigenvalue weighted by atomic mass is 9.99. The predicted octanol–water partition coefficient (Wildman–Crippen LogP) is 4.48. The highest BCUT2D eigenvalue weighted by Crippen LogP contribution is 2.29. The van der Waals surface area contributed by atoms with E-state index in [1.54, 1.807) is 18.2 Å². The molecule has 5 rings (SSSR count). The molecule has 0 atom stereocenters. The Morgan fingerprint density at radius 3 is 2.38 bits per heavy atom. The highest BCUT2D eigenvalue weighted by molar-refractivity contribution is 6.37. The van der Waals surface area contributed by atoms with Gasteiger partial charge in [0.05, 0.1) is 21.4 Å². The van der Waals surface area contributed by atoms with E-state index in [0.717, 1.165) is 18.5 Å². The first-order valence-corrected chi connectivity index (χ1v) is 10.9. The molecule has 1 aliphatic rings. The summed E-state index contributed by atoms with van der Waals surface area (Å²) >= 11 is 12.5. The normalized spacial score (nSPS) is 13.1. The number of rotatable bonds is 5. The van der Waals surface area contributed by atoms with Crippen LogP contribution in [-0.2, 0) is 12.8 Å². The first-order valence-electron chi connectivity index (χ1n) is 10.2. The minimum absolute atomic E-state index is 0.0233. The lowest BCUT2D eigenvalue weighted by Crippen LogP contribution is -2.14. The number of benzene rings is 2. The number of nitrogens with one attached hydrogen (secondary N) is 1. The Kier molecular flexibility index (Phi) is 5.32. The highest BCUT2D eigenvalue weighted by atomic mass is 35.5. The van der Waals surface area contributed by atoms with Gasteiger partial charge in [0, 0.05) is 11.9 Å². The number of amides is 1. The van der Waals surface area contributed by atoms with Crippen LogP contribution in [0.5, 0.6) is 0 Å². The summed E-state index contributed by atoms with van der Waals surface area (Å²) in [5.41, 5.74) is 10.0. The second kappa shape index (κ2) is 8.29. The molecule has 0 unspecified atom stereocenters. The molecular formula is C22H19Cl2N7O. The molecule has 1 amide bonds. The second-order valence-corrected chi connectivity index (χ2v) is 8.36. The maximum absolute atomic E-state index is 12.0. The van der Waals surface area contributed by atoms with E-state index in [-0.39, 0.29) is 11.5 Å². The van der Waals surface area contributed by atoms with E-state index >= 15 is 0 Å². The molecule has 0 saturated heterocycles. The highest BCUT2D eigenvalue weighted by Gasteiger charge is 2.20. The molecule has 0 spiro atoms. The summed E-state index contributed by atoms with van der Waals surface area (Å²) in [6, 6.07) is 12.7. The van der Waals surface area contributed by atoms with Gasteiger partial charge < -0.3 is 11.1 Å². The largest absolute Gasteiger partial charge is 0.364 e. The van der Waals surface area contributed by atoms with Gasteiger partial charge in [0.1, 0.15) is 5.69 Å². The number of aryl methyl sites for hydroxylation is 2. The number of nitrogens with two attached hydrogens (primary N) is 1. The Bertz CT molecular complexity index is 1270. The molecule has 0 saturated carbocycles. The van der Waals surface area contributed by atoms with E-state index in [2.05, 4.69) is 21.7 Å². The zero-order valence-corrected chi connectivity index (χ0v) is 18.4. The van der Waals surface area contributed by atoms with E-state index in [0.29, 0.717) is 21.4 Å². The summed E-state index contributed by atoms with van der Waals surface area (Å²) in [6.07, 6.45) is 6.61. The van der Waals surface area contributed by atoms with Gasteiger partial charge >= 0.3 is 0 Å². The fraction of sp³-hybridized carbons (Fsp3) is 0.182. The lowest BCUT2D eigenvalue weighted by molar-refractivity contribution is 0.0996. The van der Waals surface area contributed by atoms with E-state index in [4.69, 9.17) is 34.0 Å². The van der Waals surface area contributed by atoms with Gasteiger partial charge in [0.15, 0.2) is 11.5 Å². The van der Waals surface area contributed by atoms with Gasteiger partial charge in [0.2, 0.25) is 0 Å². The minimum atomic E-state index is -0.722. The number of hydrogen-bond acceptors (Lipinski definition) is 5. The van der Waals surface area contributed by atoms with Crippen molar-refractivity contribution < 1.29 is 4.79 Å². The predicted molar refractivity (Wildman–Crippen MR) is 123 cm³/mol. The smallest absolute Gasteiger partial charge is 0.273 e. The topological polar surface area (TPSA) is 104 Å². The Balaban J connectivity index is 1.43. The first kappa shape index (κ1) is 20.5. The van der Waals surface area contributed by atoms with Gasteiger partial charge in [-0.3, -0.25) is 4.79 Å². The third kappa shape index (κ3) is 3.83. The maximum Gasteiger partial charge on any atom is 0.273 e. The SMILES string of the molecule is NC(=O)c1nn(-c2c(Cl)cccc2Cl)nc1Nc1ccc(-n2cc3c(n2)CCCC3)cc1. The summed E-state index contributed by atoms with van der Waals surface area (Å²) in [6.45, 7) is 0. The third-order valence-corrected chi connectivity index (χ3v) is 5.98. The Hall–Kier alpha value is -3.36. The van der Waals surface area contributed by atoms with Gasteiger partial charge in [-0.15, -0.1) is 15.0 Å². The number of carbonyl (C=O) groups excluding carboxylic acids is 1. The number of anilines is 2. The van der Waals surface area contributed by atoms with Gasteiger partial charge in [0.25, 0.3) is 5.91 Å². The number of halogens is 2. The molecule has 2 heterocycles. The summed E-state index contributed by atoms with van der Waals surface area (Å²) < 4.78 is 1.91. The minimum Gasteiger partial charge on any atom is -0.364 e. The van der Waals surface area contributed by atoms with Gasteiger partial charge in [-0.1, -0.05) is 29.3 Å². The van der Waals surface area contributed by atoms with Crippen LogP contribution in [0, 0.1) is 0 Å². The lowest BCUT2D eigenvalue weighted by Gasteiger charge is -2.07. The van der Waals surface area contributed by atoms with Gasteiger partial charge in [-0.25, -0.2) is 4.68 Å². The van der Waals surface area contributed by atoms with Crippen LogP contribution in [0.1, 0.15) is 34.6 Å². The summed E-state index contributed by atoms with van der Waals surface area (Å²) in [5, 5.41) is 17.0. The molecular weight excluding hydrogens is 449 g/mol. The summed E-state index contributed by atoms with van der Waals surface area (Å²) in [7, 11) is 0. The van der Waals surface area contributed by atoms with Crippen molar-refractivity contribution in [1.29, 1.82) is 0 Å². The van der Waals surface area contributed by atoms with Crippen LogP contribution >= 0.6 is 23.2 Å². The molecule has 4 aromatic rings. The van der Waals surface area contributed by atoms with Crippen molar-refractivity contribution in [3.05, 3.63) is 75.7 Å². The number of fused-ring (bicyclic) bond motifs is 1. The number of carbonyl (C=O) groups is 1. The zero-order chi connectivity index (χ0) is 22.2. The van der Waals surface area contributed by atoms with E-state index in [1.165, 1.54) is 28.9 Å². The van der Waals surface area contributed by atoms with Gasteiger partial charge in [-0.05, 0) is 67.6 Å². The van der Waals surface area contributed by atoms with Crippen molar-refractivity contribution >= 4 is 40.6 Å². The van der Waals surface area contributed by atoms with Crippen LogP contribution in [0.15, 0.2) is 48.7 Å². The third-order valence-electron chi connectivity index (χ3n) is 5.37. The van der Waals surface area contributed by atoms with Crippen LogP contribution in [-0.4, -0.2) is 30.7 Å². The average Bonchev–Trinajstić information content (AvgIpc) is 3.39. The number of hydrogen-bond donors (Lipinski definition) is 2. The fourth-order valence-electron chi connectivity index (χ4n) is 3.78. The molecule has 0 radical (unpaired) electrons. The fourth-order valence-corrected chi connectivity index (χ4v) is 4.32. The van der Waals surface area contributed by atoms with Crippen molar-refractivity contribution in [3.63, 3.8) is 0 Å². The molecule has 10 heteroatoms. The molecule has 0 aliphatic heterocycles. The zero-order valence-electron chi connectivity index (χ0n) is 16.9. The van der Waals surface area contributed by atoms with Gasteiger partial charge in [-0.2, -0.15) is 5.10 Å².